The van der Waals surface area contributed by atoms with Crippen molar-refractivity contribution in [3.63, 3.8) is 0 Å². The summed E-state index contributed by atoms with van der Waals surface area (Å²) in [5.41, 5.74) is 1.40. The van der Waals surface area contributed by atoms with E-state index in [0.717, 1.165) is 32.2 Å². The summed E-state index contributed by atoms with van der Waals surface area (Å²) in [5.74, 6) is 0. The number of aliphatic hydroxyl groups is 1. The zero-order valence-corrected chi connectivity index (χ0v) is 10.4. The third kappa shape index (κ3) is 4.14. The van der Waals surface area contributed by atoms with Gasteiger partial charge in [0.2, 0.25) is 0 Å². The molecule has 0 heterocycles. The van der Waals surface area contributed by atoms with Gasteiger partial charge in [-0.25, -0.2) is 0 Å². The molecule has 1 aromatic rings. The zero-order valence-electron chi connectivity index (χ0n) is 10.4. The molecule has 94 valence electrons. The lowest BCUT2D eigenvalue weighted by Crippen LogP contribution is -2.42. The van der Waals surface area contributed by atoms with Crippen LogP contribution in [0.5, 0.6) is 0 Å². The summed E-state index contributed by atoms with van der Waals surface area (Å²) in [6.07, 6.45) is 6.68. The molecule has 1 fully saturated rings. The van der Waals surface area contributed by atoms with Crippen LogP contribution in [0.25, 0.3) is 0 Å². The predicted octanol–water partition coefficient (Wildman–Crippen LogP) is 2.51. The van der Waals surface area contributed by atoms with Gasteiger partial charge in [0.1, 0.15) is 0 Å². The second-order valence-corrected chi connectivity index (χ2v) is 5.00. The van der Waals surface area contributed by atoms with Crippen LogP contribution >= 0.6 is 0 Å². The van der Waals surface area contributed by atoms with E-state index >= 15 is 0 Å². The maximum atomic E-state index is 9.82. The number of hydrogen-bond acceptors (Lipinski definition) is 2. The fourth-order valence-corrected chi connectivity index (χ4v) is 2.57. The summed E-state index contributed by atoms with van der Waals surface area (Å²) in [7, 11) is 0. The van der Waals surface area contributed by atoms with Gasteiger partial charge in [0, 0.05) is 6.04 Å². The fourth-order valence-electron chi connectivity index (χ4n) is 2.57. The van der Waals surface area contributed by atoms with E-state index in [4.69, 9.17) is 0 Å². The van der Waals surface area contributed by atoms with Crippen LogP contribution in [-0.4, -0.2) is 23.8 Å². The average molecular weight is 233 g/mol. The minimum atomic E-state index is -0.125. The Bertz CT molecular complexity index is 312. The minimum absolute atomic E-state index is 0.125. The number of benzene rings is 1. The first kappa shape index (κ1) is 12.6. The molecule has 1 aliphatic rings. The van der Waals surface area contributed by atoms with Gasteiger partial charge in [-0.3, -0.25) is 0 Å². The van der Waals surface area contributed by atoms with Gasteiger partial charge in [0.05, 0.1) is 6.10 Å². The van der Waals surface area contributed by atoms with Gasteiger partial charge in [-0.15, -0.1) is 0 Å². The molecule has 0 saturated heterocycles. The van der Waals surface area contributed by atoms with E-state index in [9.17, 15) is 5.11 Å². The second-order valence-electron chi connectivity index (χ2n) is 5.00. The highest BCUT2D eigenvalue weighted by Crippen LogP contribution is 2.18. The van der Waals surface area contributed by atoms with Crippen LogP contribution in [-0.2, 0) is 6.42 Å². The summed E-state index contributed by atoms with van der Waals surface area (Å²) in [6, 6.07) is 10.9. The molecule has 2 nitrogen and oxygen atoms in total. The standard InChI is InChI=1S/C15H23NO/c17-15-11-5-4-10-14(15)16-12-6-9-13-7-2-1-3-8-13/h1-3,7-8,14-17H,4-6,9-12H2/t14-,15-/m1/s1. The molecule has 0 amide bonds. The number of nitrogens with one attached hydrogen (secondary N) is 1. The van der Waals surface area contributed by atoms with E-state index in [0.29, 0.717) is 6.04 Å². The monoisotopic (exact) mass is 233 g/mol. The molecule has 17 heavy (non-hydrogen) atoms. The van der Waals surface area contributed by atoms with Gasteiger partial charge in [0.15, 0.2) is 0 Å². The second kappa shape index (κ2) is 6.77. The van der Waals surface area contributed by atoms with E-state index in [2.05, 4.69) is 35.6 Å². The van der Waals surface area contributed by atoms with E-state index in [1.54, 1.807) is 0 Å². The topological polar surface area (TPSA) is 32.3 Å². The third-order valence-corrected chi connectivity index (χ3v) is 3.62. The van der Waals surface area contributed by atoms with Crippen LogP contribution in [0.15, 0.2) is 30.3 Å². The van der Waals surface area contributed by atoms with E-state index < -0.39 is 0 Å². The smallest absolute Gasteiger partial charge is 0.0693 e. The molecular formula is C15H23NO. The summed E-state index contributed by atoms with van der Waals surface area (Å²) >= 11 is 0. The van der Waals surface area contributed by atoms with Crippen LogP contribution in [0.1, 0.15) is 37.7 Å². The van der Waals surface area contributed by atoms with Crippen molar-refractivity contribution in [1.29, 1.82) is 0 Å². The van der Waals surface area contributed by atoms with Gasteiger partial charge in [-0.1, -0.05) is 43.2 Å². The third-order valence-electron chi connectivity index (χ3n) is 3.62. The van der Waals surface area contributed by atoms with Crippen molar-refractivity contribution in [2.75, 3.05) is 6.54 Å². The van der Waals surface area contributed by atoms with Crippen molar-refractivity contribution >= 4 is 0 Å². The predicted molar refractivity (Wildman–Crippen MR) is 71.0 cm³/mol. The number of aliphatic hydroxyl groups excluding tert-OH is 1. The molecule has 0 aliphatic heterocycles. The Hall–Kier alpha value is -0.860. The van der Waals surface area contributed by atoms with Gasteiger partial charge in [-0.2, -0.15) is 0 Å². The SMILES string of the molecule is O[C@@H]1CCCC[C@H]1NCCCc1ccccc1. The lowest BCUT2D eigenvalue weighted by molar-refractivity contribution is 0.0911. The fraction of sp³-hybridized carbons (Fsp3) is 0.600. The molecule has 0 spiro atoms. The molecule has 2 heteroatoms. The molecule has 0 unspecified atom stereocenters. The molecule has 0 aromatic heterocycles. The zero-order chi connectivity index (χ0) is 11.9. The normalized spacial score (nSPS) is 24.8. The summed E-state index contributed by atoms with van der Waals surface area (Å²) in [4.78, 5) is 0. The quantitative estimate of drug-likeness (QED) is 0.766. The molecule has 1 aromatic carbocycles. The number of rotatable bonds is 5. The van der Waals surface area contributed by atoms with Crippen LogP contribution in [0.2, 0.25) is 0 Å². The summed E-state index contributed by atoms with van der Waals surface area (Å²) in [6.45, 7) is 1.01. The Balaban J connectivity index is 1.63. The van der Waals surface area contributed by atoms with Crippen molar-refractivity contribution in [2.24, 2.45) is 0 Å². The molecule has 2 atom stereocenters. The Morgan fingerprint density at radius 3 is 2.65 bits per heavy atom. The summed E-state index contributed by atoms with van der Waals surface area (Å²) in [5, 5.41) is 13.3. The minimum Gasteiger partial charge on any atom is -0.392 e. The van der Waals surface area contributed by atoms with Gasteiger partial charge >= 0.3 is 0 Å². The van der Waals surface area contributed by atoms with Crippen LogP contribution in [0.3, 0.4) is 0 Å². The Morgan fingerprint density at radius 1 is 1.12 bits per heavy atom. The van der Waals surface area contributed by atoms with Crippen LogP contribution in [0, 0.1) is 0 Å². The molecule has 2 rings (SSSR count). The maximum absolute atomic E-state index is 9.82. The largest absolute Gasteiger partial charge is 0.392 e. The maximum Gasteiger partial charge on any atom is 0.0693 e. The van der Waals surface area contributed by atoms with Gasteiger partial charge in [0.25, 0.3) is 0 Å². The van der Waals surface area contributed by atoms with Crippen molar-refractivity contribution in [3.8, 4) is 0 Å². The Morgan fingerprint density at radius 2 is 1.88 bits per heavy atom. The van der Waals surface area contributed by atoms with Crippen molar-refractivity contribution in [1.82, 2.24) is 5.32 Å². The Labute approximate surface area is 104 Å². The van der Waals surface area contributed by atoms with E-state index in [1.165, 1.54) is 18.4 Å². The average Bonchev–Trinajstić information content (AvgIpc) is 2.38. The number of aryl methyl sites for hydroxylation is 1. The molecular weight excluding hydrogens is 210 g/mol. The van der Waals surface area contributed by atoms with E-state index in [1.807, 2.05) is 0 Å². The molecule has 0 bridgehead atoms. The molecule has 1 aliphatic carbocycles. The highest BCUT2D eigenvalue weighted by molar-refractivity contribution is 5.14. The molecule has 0 radical (unpaired) electrons. The summed E-state index contributed by atoms with van der Waals surface area (Å²) < 4.78 is 0. The Kier molecular flexibility index (Phi) is 5.02. The van der Waals surface area contributed by atoms with Crippen LogP contribution < -0.4 is 5.32 Å². The first-order valence-corrected chi connectivity index (χ1v) is 6.81. The van der Waals surface area contributed by atoms with Gasteiger partial charge in [-0.05, 0) is 37.8 Å². The first-order chi connectivity index (χ1) is 8.36. The number of hydrogen-bond donors (Lipinski definition) is 2. The van der Waals surface area contributed by atoms with Crippen molar-refractivity contribution in [3.05, 3.63) is 35.9 Å². The van der Waals surface area contributed by atoms with Crippen LogP contribution in [0.4, 0.5) is 0 Å². The highest BCUT2D eigenvalue weighted by atomic mass is 16.3. The molecule has 1 saturated carbocycles. The lowest BCUT2D eigenvalue weighted by Gasteiger charge is -2.28. The lowest BCUT2D eigenvalue weighted by atomic mass is 9.92. The van der Waals surface area contributed by atoms with Crippen molar-refractivity contribution in [2.45, 2.75) is 50.7 Å². The first-order valence-electron chi connectivity index (χ1n) is 6.81. The van der Waals surface area contributed by atoms with Gasteiger partial charge < -0.3 is 10.4 Å². The van der Waals surface area contributed by atoms with Crippen molar-refractivity contribution < 1.29 is 5.11 Å². The highest BCUT2D eigenvalue weighted by Gasteiger charge is 2.21. The molecule has 2 N–H and O–H groups in total. The van der Waals surface area contributed by atoms with E-state index in [-0.39, 0.29) is 6.10 Å².